The highest BCUT2D eigenvalue weighted by Crippen LogP contribution is 2.16. The van der Waals surface area contributed by atoms with E-state index in [0.29, 0.717) is 19.4 Å². The second kappa shape index (κ2) is 3.87. The molecule has 1 fully saturated rings. The van der Waals surface area contributed by atoms with Gasteiger partial charge in [-0.2, -0.15) is 0 Å². The number of β-amino-alcohol motifs (C(OH)–C–C–N with tert-alkyl or cyclic N) is 1. The van der Waals surface area contributed by atoms with Gasteiger partial charge >= 0.3 is 5.97 Å². The van der Waals surface area contributed by atoms with Crippen LogP contribution in [0.2, 0.25) is 0 Å². The summed E-state index contributed by atoms with van der Waals surface area (Å²) in [5.41, 5.74) is 0. The van der Waals surface area contributed by atoms with Gasteiger partial charge in [-0.25, -0.2) is 0 Å². The average Bonchev–Trinajstić information content (AvgIpc) is 2.03. The quantitative estimate of drug-likeness (QED) is 0.549. The highest BCUT2D eigenvalue weighted by molar-refractivity contribution is 5.75. The Balaban J connectivity index is 2.50. The number of likely N-dealkylation sites (tertiary alicyclic amines) is 1. The molecule has 2 unspecified atom stereocenters. The van der Waals surface area contributed by atoms with E-state index in [9.17, 15) is 9.90 Å². The van der Waals surface area contributed by atoms with Gasteiger partial charge in [-0.05, 0) is 19.9 Å². The molecule has 0 radical (unpaired) electrons. The van der Waals surface area contributed by atoms with Crippen LogP contribution in [0.5, 0.6) is 0 Å². The Labute approximate surface area is 72.1 Å². The van der Waals surface area contributed by atoms with Gasteiger partial charge in [0.15, 0.2) is 0 Å². The molecule has 0 aromatic carbocycles. The number of aliphatic hydroxyl groups is 1. The minimum absolute atomic E-state index is 0.168. The van der Waals surface area contributed by atoms with Crippen molar-refractivity contribution < 1.29 is 14.6 Å². The van der Waals surface area contributed by atoms with Crippen LogP contribution in [0.3, 0.4) is 0 Å². The van der Waals surface area contributed by atoms with E-state index in [2.05, 4.69) is 4.74 Å². The average molecular weight is 173 g/mol. The Morgan fingerprint density at radius 1 is 1.58 bits per heavy atom. The molecular weight excluding hydrogens is 158 g/mol. The van der Waals surface area contributed by atoms with Gasteiger partial charge in [-0.1, -0.05) is 0 Å². The molecule has 1 rings (SSSR count). The molecule has 4 nitrogen and oxygen atoms in total. The minimum Gasteiger partial charge on any atom is -0.468 e. The second-order valence-corrected chi connectivity index (χ2v) is 3.21. The zero-order valence-corrected chi connectivity index (χ0v) is 7.49. The molecule has 4 heteroatoms. The maximum atomic E-state index is 11.1. The van der Waals surface area contributed by atoms with Crippen molar-refractivity contribution in [3.05, 3.63) is 0 Å². The van der Waals surface area contributed by atoms with Crippen LogP contribution < -0.4 is 0 Å². The Bertz CT molecular complexity index is 172. The van der Waals surface area contributed by atoms with Crippen molar-refractivity contribution in [2.45, 2.75) is 25.0 Å². The van der Waals surface area contributed by atoms with Crippen LogP contribution in [0.15, 0.2) is 0 Å². The molecule has 70 valence electrons. The fourth-order valence-electron chi connectivity index (χ4n) is 1.56. The first-order chi connectivity index (χ1) is 5.65. The number of hydrogen-bond donors (Lipinski definition) is 1. The summed E-state index contributed by atoms with van der Waals surface area (Å²) in [5.74, 6) is -0.204. The predicted octanol–water partition coefficient (Wildman–Crippen LogP) is -0.386. The molecule has 0 aromatic heterocycles. The van der Waals surface area contributed by atoms with E-state index in [1.54, 1.807) is 0 Å². The van der Waals surface area contributed by atoms with E-state index in [0.717, 1.165) is 0 Å². The van der Waals surface area contributed by atoms with Crippen LogP contribution in [0.1, 0.15) is 12.8 Å². The van der Waals surface area contributed by atoms with Crippen LogP contribution in [-0.2, 0) is 9.53 Å². The number of methoxy groups -OCH3 is 1. The summed E-state index contributed by atoms with van der Waals surface area (Å²) in [5, 5.41) is 9.26. The summed E-state index contributed by atoms with van der Waals surface area (Å²) in [7, 11) is 3.21. The number of esters is 1. The third-order valence-electron chi connectivity index (χ3n) is 2.28. The Morgan fingerprint density at radius 2 is 2.25 bits per heavy atom. The molecule has 0 spiro atoms. The standard InChI is InChI=1S/C8H15NO3/c1-9-5-6(10)3-4-7(9)8(11)12-2/h6-7,10H,3-5H2,1-2H3. The smallest absolute Gasteiger partial charge is 0.323 e. The van der Waals surface area contributed by atoms with E-state index < -0.39 is 0 Å². The molecule has 1 aliphatic heterocycles. The molecule has 12 heavy (non-hydrogen) atoms. The molecule has 0 bridgehead atoms. The molecule has 1 saturated heterocycles. The first kappa shape index (κ1) is 9.48. The molecule has 0 aliphatic carbocycles. The number of piperidine rings is 1. The Hall–Kier alpha value is -0.610. The Kier molecular flexibility index (Phi) is 3.05. The van der Waals surface area contributed by atoms with E-state index in [-0.39, 0.29) is 18.1 Å². The van der Waals surface area contributed by atoms with Gasteiger partial charge in [-0.3, -0.25) is 9.69 Å². The largest absolute Gasteiger partial charge is 0.468 e. The number of carbonyl (C=O) groups excluding carboxylic acids is 1. The van der Waals surface area contributed by atoms with Crippen molar-refractivity contribution in [1.82, 2.24) is 4.90 Å². The van der Waals surface area contributed by atoms with Crippen LogP contribution >= 0.6 is 0 Å². The maximum Gasteiger partial charge on any atom is 0.323 e. The molecule has 1 aliphatic rings. The van der Waals surface area contributed by atoms with Crippen molar-refractivity contribution in [3.8, 4) is 0 Å². The van der Waals surface area contributed by atoms with Crippen molar-refractivity contribution >= 4 is 5.97 Å². The minimum atomic E-state index is -0.295. The molecule has 1 heterocycles. The van der Waals surface area contributed by atoms with Crippen molar-refractivity contribution in [3.63, 3.8) is 0 Å². The number of likely N-dealkylation sites (N-methyl/N-ethyl adjacent to an activating group) is 1. The van der Waals surface area contributed by atoms with E-state index in [1.807, 2.05) is 11.9 Å². The first-order valence-electron chi connectivity index (χ1n) is 4.11. The second-order valence-electron chi connectivity index (χ2n) is 3.21. The lowest BCUT2D eigenvalue weighted by molar-refractivity contribution is -0.148. The van der Waals surface area contributed by atoms with Crippen LogP contribution in [0.25, 0.3) is 0 Å². The summed E-state index contributed by atoms with van der Waals surface area (Å²) in [6, 6.07) is -0.168. The van der Waals surface area contributed by atoms with Gasteiger partial charge < -0.3 is 9.84 Å². The topological polar surface area (TPSA) is 49.8 Å². The normalized spacial score (nSPS) is 31.6. The number of nitrogens with zero attached hydrogens (tertiary/aromatic N) is 1. The SMILES string of the molecule is COC(=O)C1CCC(O)CN1C. The maximum absolute atomic E-state index is 11.1. The van der Waals surface area contributed by atoms with Gasteiger partial charge in [-0.15, -0.1) is 0 Å². The van der Waals surface area contributed by atoms with Gasteiger partial charge in [0, 0.05) is 6.54 Å². The van der Waals surface area contributed by atoms with E-state index in [4.69, 9.17) is 0 Å². The number of aliphatic hydroxyl groups excluding tert-OH is 1. The lowest BCUT2D eigenvalue weighted by Crippen LogP contribution is -2.47. The first-order valence-corrected chi connectivity index (χ1v) is 4.11. The number of carbonyl (C=O) groups is 1. The third kappa shape index (κ3) is 1.95. The van der Waals surface area contributed by atoms with Crippen LogP contribution in [-0.4, -0.2) is 48.8 Å². The fourth-order valence-corrected chi connectivity index (χ4v) is 1.56. The Morgan fingerprint density at radius 3 is 2.75 bits per heavy atom. The number of hydrogen-bond acceptors (Lipinski definition) is 4. The van der Waals surface area contributed by atoms with Gasteiger partial charge in [0.25, 0.3) is 0 Å². The highest BCUT2D eigenvalue weighted by Gasteiger charge is 2.30. The van der Waals surface area contributed by atoms with Gasteiger partial charge in [0.05, 0.1) is 13.2 Å². The van der Waals surface area contributed by atoms with Gasteiger partial charge in [0.2, 0.25) is 0 Å². The molecule has 2 atom stereocenters. The molecular formula is C8H15NO3. The zero-order valence-electron chi connectivity index (χ0n) is 7.49. The molecule has 0 amide bonds. The summed E-state index contributed by atoms with van der Waals surface area (Å²) >= 11 is 0. The third-order valence-corrected chi connectivity index (χ3v) is 2.28. The van der Waals surface area contributed by atoms with Crippen LogP contribution in [0, 0.1) is 0 Å². The monoisotopic (exact) mass is 173 g/mol. The lowest BCUT2D eigenvalue weighted by atomic mass is 10.0. The molecule has 0 saturated carbocycles. The van der Waals surface area contributed by atoms with E-state index in [1.165, 1.54) is 7.11 Å². The summed E-state index contributed by atoms with van der Waals surface area (Å²) < 4.78 is 4.63. The van der Waals surface area contributed by atoms with Gasteiger partial charge in [0.1, 0.15) is 6.04 Å². The van der Waals surface area contributed by atoms with Crippen molar-refractivity contribution in [2.24, 2.45) is 0 Å². The summed E-state index contributed by atoms with van der Waals surface area (Å²) in [4.78, 5) is 13.0. The summed E-state index contributed by atoms with van der Waals surface area (Å²) in [6.07, 6.45) is 1.07. The molecule has 1 N–H and O–H groups in total. The number of ether oxygens (including phenoxy) is 1. The number of rotatable bonds is 1. The zero-order chi connectivity index (χ0) is 9.14. The highest BCUT2D eigenvalue weighted by atomic mass is 16.5. The van der Waals surface area contributed by atoms with Crippen molar-refractivity contribution in [2.75, 3.05) is 20.7 Å². The van der Waals surface area contributed by atoms with Crippen LogP contribution in [0.4, 0.5) is 0 Å². The predicted molar refractivity (Wildman–Crippen MR) is 43.7 cm³/mol. The molecule has 0 aromatic rings. The summed E-state index contributed by atoms with van der Waals surface area (Å²) in [6.45, 7) is 0.555. The van der Waals surface area contributed by atoms with E-state index >= 15 is 0 Å². The lowest BCUT2D eigenvalue weighted by Gasteiger charge is -2.32. The fraction of sp³-hybridized carbons (Fsp3) is 0.875. The van der Waals surface area contributed by atoms with Crippen molar-refractivity contribution in [1.29, 1.82) is 0 Å².